The van der Waals surface area contributed by atoms with Gasteiger partial charge in [-0.1, -0.05) is 18.2 Å². The van der Waals surface area contributed by atoms with Gasteiger partial charge in [-0.2, -0.15) is 0 Å². The molecule has 2 aliphatic heterocycles. The molecule has 1 unspecified atom stereocenters. The van der Waals surface area contributed by atoms with Crippen LogP contribution in [0.3, 0.4) is 0 Å². The molecule has 1 aromatic carbocycles. The molecule has 0 radical (unpaired) electrons. The monoisotopic (exact) mass is 512 g/mol. The number of hydrogen-bond donors (Lipinski definition) is 2. The summed E-state index contributed by atoms with van der Waals surface area (Å²) in [4.78, 5) is 43.8. The van der Waals surface area contributed by atoms with E-state index in [-0.39, 0.29) is 23.7 Å². The topological polar surface area (TPSA) is 132 Å². The molecule has 9 nitrogen and oxygen atoms in total. The molecule has 3 aromatic heterocycles. The summed E-state index contributed by atoms with van der Waals surface area (Å²) in [5.41, 5.74) is 7.56. The third-order valence-corrected chi connectivity index (χ3v) is 7.69. The number of carbonyl (C=O) groups is 1. The number of carbonyl (C=O) groups excluding carboxylic acids is 1. The Hall–Kier alpha value is -4.24. The van der Waals surface area contributed by atoms with Crippen molar-refractivity contribution < 1.29 is 14.3 Å². The van der Waals surface area contributed by atoms with E-state index in [0.717, 1.165) is 36.1 Å². The highest BCUT2D eigenvalue weighted by Gasteiger charge is 2.35. The smallest absolute Gasteiger partial charge is 0.250 e. The Labute approximate surface area is 218 Å². The quantitative estimate of drug-likeness (QED) is 0.406. The van der Waals surface area contributed by atoms with Gasteiger partial charge >= 0.3 is 0 Å². The zero-order chi connectivity index (χ0) is 26.4. The molecule has 6 rings (SSSR count). The molecule has 2 bridgehead atoms. The molecule has 1 fully saturated rings. The minimum Gasteiger partial charge on any atom is -0.502 e. The van der Waals surface area contributed by atoms with Crippen LogP contribution in [0.25, 0.3) is 10.9 Å². The molecule has 4 aromatic rings. The van der Waals surface area contributed by atoms with Crippen molar-refractivity contribution in [3.8, 4) is 5.75 Å². The molecule has 1 saturated heterocycles. The summed E-state index contributed by atoms with van der Waals surface area (Å²) in [5, 5.41) is 11.6. The Morgan fingerprint density at radius 2 is 1.97 bits per heavy atom. The average Bonchev–Trinajstić information content (AvgIpc) is 2.89. The number of nitrogens with two attached hydrogens (primary N) is 1. The number of benzene rings is 1. The van der Waals surface area contributed by atoms with Crippen LogP contribution in [0.2, 0.25) is 0 Å². The summed E-state index contributed by atoms with van der Waals surface area (Å²) in [6.45, 7) is 2.53. The van der Waals surface area contributed by atoms with Gasteiger partial charge in [-0.25, -0.2) is 0 Å². The van der Waals surface area contributed by atoms with Gasteiger partial charge in [-0.15, -0.1) is 0 Å². The number of amides is 1. The van der Waals surface area contributed by atoms with Crippen molar-refractivity contribution in [3.63, 3.8) is 0 Å². The molecular weight excluding hydrogens is 484 g/mol. The number of hydrogen-bond acceptors (Lipinski definition) is 7. The molecule has 9 heteroatoms. The summed E-state index contributed by atoms with van der Waals surface area (Å²) in [7, 11) is 0. The predicted octanol–water partition coefficient (Wildman–Crippen LogP) is 2.68. The van der Waals surface area contributed by atoms with Crippen LogP contribution >= 0.6 is 0 Å². The van der Waals surface area contributed by atoms with Crippen molar-refractivity contribution in [2.75, 3.05) is 13.1 Å². The van der Waals surface area contributed by atoms with E-state index in [1.165, 1.54) is 6.07 Å². The highest BCUT2D eigenvalue weighted by molar-refractivity contribution is 5.80. The lowest BCUT2D eigenvalue weighted by molar-refractivity contribution is -0.118. The average molecular weight is 513 g/mol. The number of primary amides is 1. The Kier molecular flexibility index (Phi) is 6.07. The van der Waals surface area contributed by atoms with E-state index in [9.17, 15) is 19.5 Å². The second-order valence-electron chi connectivity index (χ2n) is 10.4. The van der Waals surface area contributed by atoms with Gasteiger partial charge in [0, 0.05) is 61.4 Å². The largest absolute Gasteiger partial charge is 0.502 e. The van der Waals surface area contributed by atoms with Crippen LogP contribution in [0, 0.1) is 5.92 Å². The van der Waals surface area contributed by atoms with Gasteiger partial charge in [0.25, 0.3) is 5.56 Å². The van der Waals surface area contributed by atoms with Crippen molar-refractivity contribution >= 4 is 16.8 Å². The van der Waals surface area contributed by atoms with Gasteiger partial charge < -0.3 is 19.8 Å². The molecule has 0 saturated carbocycles. The summed E-state index contributed by atoms with van der Waals surface area (Å²) in [6, 6.07) is 15.9. The lowest BCUT2D eigenvalue weighted by Gasteiger charge is -2.42. The molecular formula is C29H28N4O5. The van der Waals surface area contributed by atoms with Crippen molar-refractivity contribution in [2.45, 2.75) is 37.8 Å². The molecule has 5 heterocycles. The summed E-state index contributed by atoms with van der Waals surface area (Å²) in [5.74, 6) is -0.855. The molecule has 194 valence electrons. The van der Waals surface area contributed by atoms with Gasteiger partial charge in [-0.3, -0.25) is 24.3 Å². The molecule has 0 aliphatic carbocycles. The second kappa shape index (κ2) is 9.57. The van der Waals surface area contributed by atoms with E-state index < -0.39 is 23.0 Å². The third kappa shape index (κ3) is 4.50. The molecule has 3 atom stereocenters. The SMILES string of the molecule is NC(=O)CC(c1ccc2ncccc2c1)c1oc(CN2C[C@H]3C[C@@H](C2)c2cccc(=O)n2C3)cc(=O)c1O. The zero-order valence-electron chi connectivity index (χ0n) is 20.7. The van der Waals surface area contributed by atoms with Gasteiger partial charge in [0.15, 0.2) is 5.76 Å². The summed E-state index contributed by atoms with van der Waals surface area (Å²) in [6.07, 6.45) is 2.58. The predicted molar refractivity (Wildman–Crippen MR) is 141 cm³/mol. The number of pyridine rings is 2. The van der Waals surface area contributed by atoms with E-state index in [4.69, 9.17) is 10.2 Å². The number of nitrogens with zero attached hydrogens (tertiary/aromatic N) is 3. The molecule has 3 N–H and O–H groups in total. The lowest BCUT2D eigenvalue weighted by atomic mass is 9.83. The summed E-state index contributed by atoms with van der Waals surface area (Å²) >= 11 is 0. The molecule has 38 heavy (non-hydrogen) atoms. The maximum atomic E-state index is 12.8. The van der Waals surface area contributed by atoms with Crippen molar-refractivity contribution in [1.82, 2.24) is 14.5 Å². The van der Waals surface area contributed by atoms with E-state index in [1.54, 1.807) is 24.4 Å². The van der Waals surface area contributed by atoms with E-state index in [2.05, 4.69) is 9.88 Å². The first-order valence-corrected chi connectivity index (χ1v) is 12.8. The summed E-state index contributed by atoms with van der Waals surface area (Å²) < 4.78 is 8.04. The highest BCUT2D eigenvalue weighted by Crippen LogP contribution is 2.37. The van der Waals surface area contributed by atoms with Crippen LogP contribution in [-0.4, -0.2) is 38.6 Å². The number of aromatic hydroxyl groups is 1. The molecule has 1 amide bonds. The lowest BCUT2D eigenvalue weighted by Crippen LogP contribution is -2.46. The van der Waals surface area contributed by atoms with Gasteiger partial charge in [0.05, 0.1) is 18.0 Å². The van der Waals surface area contributed by atoms with E-state index in [0.29, 0.717) is 30.3 Å². The Bertz CT molecular complexity index is 1660. The van der Waals surface area contributed by atoms with Gasteiger partial charge in [0.2, 0.25) is 17.1 Å². The fourth-order valence-corrected chi connectivity index (χ4v) is 6.09. The molecule has 2 aliphatic rings. The fourth-order valence-electron chi connectivity index (χ4n) is 6.09. The zero-order valence-corrected chi connectivity index (χ0v) is 20.7. The number of aromatic nitrogens is 2. The minimum atomic E-state index is -0.732. The maximum absolute atomic E-state index is 12.8. The van der Waals surface area contributed by atoms with E-state index in [1.807, 2.05) is 34.9 Å². The van der Waals surface area contributed by atoms with Crippen LogP contribution < -0.4 is 16.7 Å². The first-order valence-electron chi connectivity index (χ1n) is 12.8. The van der Waals surface area contributed by atoms with Crippen molar-refractivity contribution in [2.24, 2.45) is 11.7 Å². The van der Waals surface area contributed by atoms with Crippen molar-refractivity contribution in [3.05, 3.63) is 104 Å². The minimum absolute atomic E-state index is 0.0311. The number of rotatable bonds is 6. The standard InChI is InChI=1S/C29H28N4O5/c30-26(35)12-22(18-6-7-23-19(10-18)3-2-8-31-23)29-28(37)25(34)11-21(38-29)16-32-13-17-9-20(15-32)24-4-1-5-27(36)33(24)14-17/h1-8,10-11,17,20,22,37H,9,12-16H2,(H2,30,35)/t17-,20+,22?/m1/s1. The first-order chi connectivity index (χ1) is 18.4. The van der Waals surface area contributed by atoms with Crippen molar-refractivity contribution in [1.29, 1.82) is 0 Å². The Balaban J connectivity index is 1.32. The van der Waals surface area contributed by atoms with Gasteiger partial charge in [-0.05, 0) is 42.2 Å². The Morgan fingerprint density at radius 3 is 2.82 bits per heavy atom. The normalized spacial score (nSPS) is 19.7. The maximum Gasteiger partial charge on any atom is 0.250 e. The van der Waals surface area contributed by atoms with Crippen LogP contribution in [0.4, 0.5) is 0 Å². The number of fused-ring (bicyclic) bond motifs is 5. The second-order valence-corrected chi connectivity index (χ2v) is 10.4. The first kappa shape index (κ1) is 24.1. The van der Waals surface area contributed by atoms with Gasteiger partial charge in [0.1, 0.15) is 5.76 Å². The fraction of sp³-hybridized carbons (Fsp3) is 0.310. The number of likely N-dealkylation sites (tertiary alicyclic amines) is 1. The number of piperidine rings is 1. The van der Waals surface area contributed by atoms with Crippen LogP contribution in [0.15, 0.2) is 74.8 Å². The van der Waals surface area contributed by atoms with E-state index >= 15 is 0 Å². The van der Waals surface area contributed by atoms with Crippen LogP contribution in [-0.2, 0) is 17.9 Å². The third-order valence-electron chi connectivity index (χ3n) is 7.69. The Morgan fingerprint density at radius 1 is 1.11 bits per heavy atom. The molecule has 0 spiro atoms. The highest BCUT2D eigenvalue weighted by atomic mass is 16.4. The van der Waals surface area contributed by atoms with Crippen LogP contribution in [0.5, 0.6) is 5.75 Å². The van der Waals surface area contributed by atoms with Crippen LogP contribution in [0.1, 0.15) is 47.5 Å².